The van der Waals surface area contributed by atoms with Crippen molar-refractivity contribution in [3.8, 4) is 5.75 Å². The maximum Gasteiger partial charge on any atom is 0.262 e. The number of aryl methyl sites for hydroxylation is 1. The van der Waals surface area contributed by atoms with Gasteiger partial charge in [-0.2, -0.15) is 0 Å². The van der Waals surface area contributed by atoms with Crippen LogP contribution in [0.4, 0.5) is 5.69 Å². The van der Waals surface area contributed by atoms with E-state index in [-0.39, 0.29) is 16.7 Å². The number of nitrogens with zero attached hydrogens (tertiary/aromatic N) is 1. The van der Waals surface area contributed by atoms with E-state index in [9.17, 15) is 13.2 Å². The molecule has 1 amide bonds. The molecule has 2 aromatic rings. The summed E-state index contributed by atoms with van der Waals surface area (Å²) >= 11 is 0. The maximum absolute atomic E-state index is 13.3. The van der Waals surface area contributed by atoms with Gasteiger partial charge in [0, 0.05) is 13.1 Å². The zero-order valence-electron chi connectivity index (χ0n) is 18.8. The van der Waals surface area contributed by atoms with Gasteiger partial charge in [-0.3, -0.25) is 9.52 Å². The molecule has 1 aliphatic heterocycles. The average Bonchev–Trinajstić information content (AvgIpc) is 3.02. The Morgan fingerprint density at radius 2 is 1.71 bits per heavy atom. The fourth-order valence-electron chi connectivity index (χ4n) is 4.00. The van der Waals surface area contributed by atoms with Crippen molar-refractivity contribution < 1.29 is 17.9 Å². The average molecular weight is 445 g/mol. The van der Waals surface area contributed by atoms with Crippen LogP contribution < -0.4 is 9.46 Å². The van der Waals surface area contributed by atoms with E-state index < -0.39 is 10.0 Å². The molecule has 2 aromatic carbocycles. The Kier molecular flexibility index (Phi) is 7.26. The van der Waals surface area contributed by atoms with Gasteiger partial charge in [0.1, 0.15) is 5.75 Å². The summed E-state index contributed by atoms with van der Waals surface area (Å²) in [4.78, 5) is 15.2. The van der Waals surface area contributed by atoms with Crippen molar-refractivity contribution >= 4 is 21.6 Å². The Hall–Kier alpha value is -2.54. The molecule has 1 heterocycles. The van der Waals surface area contributed by atoms with Crippen molar-refractivity contribution in [2.24, 2.45) is 0 Å². The van der Waals surface area contributed by atoms with Crippen LogP contribution in [0, 0.1) is 6.92 Å². The third-order valence-corrected chi connectivity index (χ3v) is 7.24. The number of carbonyl (C=O) groups is 1. The first-order chi connectivity index (χ1) is 14.7. The van der Waals surface area contributed by atoms with Gasteiger partial charge in [-0.1, -0.05) is 38.8 Å². The second-order valence-electron chi connectivity index (χ2n) is 8.37. The van der Waals surface area contributed by atoms with Crippen LogP contribution in [0.1, 0.15) is 66.9 Å². The Morgan fingerprint density at radius 1 is 1.06 bits per heavy atom. The third-order valence-electron chi connectivity index (χ3n) is 5.73. The molecule has 1 aliphatic rings. The van der Waals surface area contributed by atoms with Crippen molar-refractivity contribution in [2.45, 2.75) is 57.3 Å². The number of methoxy groups -OCH3 is 1. The topological polar surface area (TPSA) is 75.7 Å². The monoisotopic (exact) mass is 444 g/mol. The van der Waals surface area contributed by atoms with E-state index in [1.807, 2.05) is 18.7 Å². The molecule has 7 heteroatoms. The van der Waals surface area contributed by atoms with Crippen molar-refractivity contribution in [1.29, 1.82) is 0 Å². The van der Waals surface area contributed by atoms with E-state index in [0.29, 0.717) is 35.7 Å². The van der Waals surface area contributed by atoms with E-state index >= 15 is 0 Å². The van der Waals surface area contributed by atoms with Crippen LogP contribution in [0.3, 0.4) is 0 Å². The van der Waals surface area contributed by atoms with Crippen LogP contribution >= 0.6 is 0 Å². The predicted octanol–water partition coefficient (Wildman–Crippen LogP) is 4.94. The van der Waals surface area contributed by atoms with Crippen molar-refractivity contribution in [1.82, 2.24) is 4.90 Å². The summed E-state index contributed by atoms with van der Waals surface area (Å²) < 4.78 is 34.8. The molecule has 0 saturated carbocycles. The molecule has 1 fully saturated rings. The largest absolute Gasteiger partial charge is 0.496 e. The fraction of sp³-hybridized carbons (Fsp3) is 0.458. The molecule has 6 nitrogen and oxygen atoms in total. The highest BCUT2D eigenvalue weighted by atomic mass is 32.2. The summed E-state index contributed by atoms with van der Waals surface area (Å²) in [5, 5.41) is 0. The highest BCUT2D eigenvalue weighted by molar-refractivity contribution is 7.92. The minimum Gasteiger partial charge on any atom is -0.496 e. The second-order valence-corrected chi connectivity index (χ2v) is 10.0. The second kappa shape index (κ2) is 9.73. The minimum atomic E-state index is -3.90. The Bertz CT molecular complexity index is 1040. The summed E-state index contributed by atoms with van der Waals surface area (Å²) in [6, 6.07) is 10.2. The first kappa shape index (κ1) is 23.1. The van der Waals surface area contributed by atoms with Crippen LogP contribution in [-0.2, 0) is 10.0 Å². The number of rotatable bonds is 6. The number of hydrogen-bond acceptors (Lipinski definition) is 4. The molecule has 168 valence electrons. The quantitative estimate of drug-likeness (QED) is 0.684. The van der Waals surface area contributed by atoms with E-state index in [0.717, 1.165) is 31.2 Å². The van der Waals surface area contributed by atoms with Gasteiger partial charge in [0.25, 0.3) is 15.9 Å². The van der Waals surface area contributed by atoms with Crippen LogP contribution in [0.2, 0.25) is 0 Å². The molecule has 31 heavy (non-hydrogen) atoms. The van der Waals surface area contributed by atoms with Gasteiger partial charge in [0.2, 0.25) is 0 Å². The van der Waals surface area contributed by atoms with Crippen molar-refractivity contribution in [3.63, 3.8) is 0 Å². The van der Waals surface area contributed by atoms with E-state index in [2.05, 4.69) is 4.72 Å². The van der Waals surface area contributed by atoms with Gasteiger partial charge in [0.15, 0.2) is 0 Å². The lowest BCUT2D eigenvalue weighted by atomic mass is 10.0. The lowest BCUT2D eigenvalue weighted by Crippen LogP contribution is -2.32. The molecule has 0 radical (unpaired) electrons. The van der Waals surface area contributed by atoms with Crippen LogP contribution in [0.25, 0.3) is 0 Å². The number of anilines is 1. The van der Waals surface area contributed by atoms with Gasteiger partial charge < -0.3 is 9.64 Å². The summed E-state index contributed by atoms with van der Waals surface area (Å²) in [7, 11) is -2.31. The Morgan fingerprint density at radius 3 is 2.32 bits per heavy atom. The summed E-state index contributed by atoms with van der Waals surface area (Å²) in [6.07, 6.45) is 4.19. The van der Waals surface area contributed by atoms with Crippen LogP contribution in [-0.4, -0.2) is 39.4 Å². The van der Waals surface area contributed by atoms with Gasteiger partial charge in [0.05, 0.1) is 23.3 Å². The fourth-order valence-corrected chi connectivity index (χ4v) is 5.34. The Balaban J connectivity index is 1.96. The molecule has 0 spiro atoms. The highest BCUT2D eigenvalue weighted by Gasteiger charge is 2.25. The molecule has 0 atom stereocenters. The van der Waals surface area contributed by atoms with E-state index in [4.69, 9.17) is 4.74 Å². The maximum atomic E-state index is 13.3. The Labute approximate surface area is 185 Å². The van der Waals surface area contributed by atoms with Crippen molar-refractivity contribution in [3.05, 3.63) is 53.1 Å². The number of amides is 1. The first-order valence-corrected chi connectivity index (χ1v) is 12.3. The molecular formula is C24H32N2O4S. The molecule has 1 N–H and O–H groups in total. The molecule has 0 bridgehead atoms. The number of para-hydroxylation sites is 1. The lowest BCUT2D eigenvalue weighted by Gasteiger charge is -2.22. The number of sulfonamides is 1. The molecule has 0 aromatic heterocycles. The van der Waals surface area contributed by atoms with Crippen LogP contribution in [0.5, 0.6) is 5.75 Å². The predicted molar refractivity (Wildman–Crippen MR) is 123 cm³/mol. The standard InChI is InChI=1S/C24H32N2O4S/c1-17(2)20-16-23(18(3)15-22(20)30-4)31(28,29)25-21-12-8-7-11-19(21)24(27)26-13-9-5-6-10-14-26/h7-8,11-12,15-17,25H,5-6,9-10,13-14H2,1-4H3. The van der Waals surface area contributed by atoms with E-state index in [1.54, 1.807) is 50.4 Å². The number of nitrogens with one attached hydrogen (secondary N) is 1. The third kappa shape index (κ3) is 5.21. The molecule has 0 unspecified atom stereocenters. The van der Waals surface area contributed by atoms with E-state index in [1.165, 1.54) is 0 Å². The SMILES string of the molecule is COc1cc(C)c(S(=O)(=O)Nc2ccccc2C(=O)N2CCCCCC2)cc1C(C)C. The minimum absolute atomic E-state index is 0.0985. The molecule has 3 rings (SSSR count). The molecule has 1 saturated heterocycles. The van der Waals surface area contributed by atoms with Gasteiger partial charge in [-0.15, -0.1) is 0 Å². The zero-order valence-corrected chi connectivity index (χ0v) is 19.6. The van der Waals surface area contributed by atoms with Crippen LogP contribution in [0.15, 0.2) is 41.3 Å². The van der Waals surface area contributed by atoms with Gasteiger partial charge in [-0.25, -0.2) is 8.42 Å². The van der Waals surface area contributed by atoms with Gasteiger partial charge in [-0.05, 0) is 61.1 Å². The highest BCUT2D eigenvalue weighted by Crippen LogP contribution is 2.33. The van der Waals surface area contributed by atoms with Gasteiger partial charge >= 0.3 is 0 Å². The first-order valence-electron chi connectivity index (χ1n) is 10.8. The zero-order chi connectivity index (χ0) is 22.6. The number of likely N-dealkylation sites (tertiary alicyclic amines) is 1. The molecular weight excluding hydrogens is 412 g/mol. The number of benzene rings is 2. The summed E-state index contributed by atoms with van der Waals surface area (Å²) in [5.41, 5.74) is 2.09. The molecule has 0 aliphatic carbocycles. The summed E-state index contributed by atoms with van der Waals surface area (Å²) in [5.74, 6) is 0.638. The smallest absolute Gasteiger partial charge is 0.262 e. The lowest BCUT2D eigenvalue weighted by molar-refractivity contribution is 0.0762. The number of ether oxygens (including phenoxy) is 1. The normalized spacial score (nSPS) is 14.9. The summed E-state index contributed by atoms with van der Waals surface area (Å²) in [6.45, 7) is 7.14. The number of hydrogen-bond donors (Lipinski definition) is 1. The van der Waals surface area contributed by atoms with Crippen molar-refractivity contribution in [2.75, 3.05) is 24.9 Å². The number of carbonyl (C=O) groups excluding carboxylic acids is 1.